The molecule has 0 saturated carbocycles. The summed E-state index contributed by atoms with van der Waals surface area (Å²) in [6.45, 7) is 0. The molecule has 0 amide bonds. The van der Waals surface area contributed by atoms with Crippen LogP contribution in [0.2, 0.25) is 0 Å². The summed E-state index contributed by atoms with van der Waals surface area (Å²) in [5, 5.41) is 4.07. The molecular formula is C9H12N4O. The molecule has 0 spiro atoms. The van der Waals surface area contributed by atoms with Crippen molar-refractivity contribution in [1.29, 1.82) is 0 Å². The van der Waals surface area contributed by atoms with Crippen LogP contribution >= 0.6 is 0 Å². The highest BCUT2D eigenvalue weighted by Gasteiger charge is 2.16. The first kappa shape index (κ1) is 8.98. The SMILES string of the molecule is Cn1cc(C(NN)c2ccco2)cn1. The molecule has 1 unspecified atom stereocenters. The summed E-state index contributed by atoms with van der Waals surface area (Å²) in [5.74, 6) is 6.24. The number of hydrazine groups is 1. The average molecular weight is 192 g/mol. The van der Waals surface area contributed by atoms with Crippen LogP contribution in [-0.4, -0.2) is 9.78 Å². The van der Waals surface area contributed by atoms with Crippen LogP contribution in [0.5, 0.6) is 0 Å². The van der Waals surface area contributed by atoms with E-state index in [0.29, 0.717) is 0 Å². The molecule has 2 aromatic rings. The van der Waals surface area contributed by atoms with Gasteiger partial charge in [0, 0.05) is 18.8 Å². The van der Waals surface area contributed by atoms with E-state index in [9.17, 15) is 0 Å². The van der Waals surface area contributed by atoms with E-state index in [1.165, 1.54) is 0 Å². The van der Waals surface area contributed by atoms with Gasteiger partial charge in [0.05, 0.1) is 12.5 Å². The molecule has 2 aromatic heterocycles. The molecule has 0 radical (unpaired) electrons. The zero-order chi connectivity index (χ0) is 9.97. The van der Waals surface area contributed by atoms with Crippen molar-refractivity contribution in [2.45, 2.75) is 6.04 Å². The van der Waals surface area contributed by atoms with Crippen molar-refractivity contribution in [2.24, 2.45) is 12.9 Å². The Morgan fingerprint density at radius 3 is 3.00 bits per heavy atom. The van der Waals surface area contributed by atoms with Gasteiger partial charge in [-0.25, -0.2) is 5.43 Å². The standard InChI is InChI=1S/C9H12N4O/c1-13-6-7(5-11-13)9(12-10)8-3-2-4-14-8/h2-6,9,12H,10H2,1H3. The van der Waals surface area contributed by atoms with Crippen molar-refractivity contribution in [3.05, 3.63) is 42.1 Å². The molecule has 0 aliphatic rings. The molecule has 3 N–H and O–H groups in total. The van der Waals surface area contributed by atoms with E-state index in [-0.39, 0.29) is 6.04 Å². The van der Waals surface area contributed by atoms with Gasteiger partial charge in [0.1, 0.15) is 11.8 Å². The number of furan rings is 1. The third-order valence-corrected chi connectivity index (χ3v) is 2.05. The number of rotatable bonds is 3. The molecular weight excluding hydrogens is 180 g/mol. The molecule has 5 heteroatoms. The molecule has 5 nitrogen and oxygen atoms in total. The van der Waals surface area contributed by atoms with Gasteiger partial charge in [-0.05, 0) is 12.1 Å². The van der Waals surface area contributed by atoms with Crippen LogP contribution in [0.4, 0.5) is 0 Å². The minimum Gasteiger partial charge on any atom is -0.467 e. The first-order chi connectivity index (χ1) is 6.81. The highest BCUT2D eigenvalue weighted by atomic mass is 16.3. The number of nitrogens with two attached hydrogens (primary N) is 1. The summed E-state index contributed by atoms with van der Waals surface area (Å²) < 4.78 is 7.00. The Morgan fingerprint density at radius 1 is 1.64 bits per heavy atom. The van der Waals surface area contributed by atoms with Crippen LogP contribution in [0.15, 0.2) is 35.2 Å². The van der Waals surface area contributed by atoms with Crippen molar-refractivity contribution < 1.29 is 4.42 Å². The molecule has 2 rings (SSSR count). The van der Waals surface area contributed by atoms with Crippen molar-refractivity contribution in [3.63, 3.8) is 0 Å². The van der Waals surface area contributed by atoms with Crippen molar-refractivity contribution >= 4 is 0 Å². The fraction of sp³-hybridized carbons (Fsp3) is 0.222. The largest absolute Gasteiger partial charge is 0.467 e. The Labute approximate surface area is 81.5 Å². The van der Waals surface area contributed by atoms with E-state index in [1.54, 1.807) is 17.1 Å². The zero-order valence-electron chi connectivity index (χ0n) is 7.84. The predicted octanol–water partition coefficient (Wildman–Crippen LogP) is 0.566. The predicted molar refractivity (Wildman–Crippen MR) is 51.1 cm³/mol. The molecule has 74 valence electrons. The third kappa shape index (κ3) is 1.55. The smallest absolute Gasteiger partial charge is 0.126 e. The molecule has 0 bridgehead atoms. The second kappa shape index (κ2) is 3.65. The number of nitrogens with one attached hydrogen (secondary N) is 1. The van der Waals surface area contributed by atoms with Gasteiger partial charge < -0.3 is 4.42 Å². The lowest BCUT2D eigenvalue weighted by Gasteiger charge is -2.10. The van der Waals surface area contributed by atoms with Gasteiger partial charge in [-0.3, -0.25) is 10.5 Å². The molecule has 0 aromatic carbocycles. The molecule has 0 aliphatic heterocycles. The Kier molecular flexibility index (Phi) is 2.34. The lowest BCUT2D eigenvalue weighted by Crippen LogP contribution is -2.28. The number of nitrogens with zero attached hydrogens (tertiary/aromatic N) is 2. The van der Waals surface area contributed by atoms with Crippen LogP contribution in [0.3, 0.4) is 0 Å². The van der Waals surface area contributed by atoms with Gasteiger partial charge in [-0.2, -0.15) is 5.10 Å². The van der Waals surface area contributed by atoms with Gasteiger partial charge in [0.2, 0.25) is 0 Å². The maximum atomic E-state index is 5.46. The third-order valence-electron chi connectivity index (χ3n) is 2.05. The van der Waals surface area contributed by atoms with Crippen LogP contribution in [0.1, 0.15) is 17.4 Å². The highest BCUT2D eigenvalue weighted by Crippen LogP contribution is 2.20. The second-order valence-corrected chi connectivity index (χ2v) is 3.06. The summed E-state index contributed by atoms with van der Waals surface area (Å²) in [7, 11) is 1.86. The Balaban J connectivity index is 2.31. The topological polar surface area (TPSA) is 69.0 Å². The Bertz CT molecular complexity index is 393. The Morgan fingerprint density at radius 2 is 2.50 bits per heavy atom. The van der Waals surface area contributed by atoms with Gasteiger partial charge in [0.25, 0.3) is 0 Å². The van der Waals surface area contributed by atoms with Crippen molar-refractivity contribution in [1.82, 2.24) is 15.2 Å². The van der Waals surface area contributed by atoms with Gasteiger partial charge in [0.15, 0.2) is 0 Å². The van der Waals surface area contributed by atoms with Gasteiger partial charge in [-0.15, -0.1) is 0 Å². The minimum absolute atomic E-state index is 0.140. The lowest BCUT2D eigenvalue weighted by molar-refractivity contribution is 0.452. The molecule has 1 atom stereocenters. The first-order valence-electron chi connectivity index (χ1n) is 4.29. The van der Waals surface area contributed by atoms with Crippen molar-refractivity contribution in [3.8, 4) is 0 Å². The lowest BCUT2D eigenvalue weighted by atomic mass is 10.1. The zero-order valence-corrected chi connectivity index (χ0v) is 7.84. The molecule has 2 heterocycles. The molecule has 0 saturated heterocycles. The normalized spacial score (nSPS) is 13.0. The van der Waals surface area contributed by atoms with Gasteiger partial charge >= 0.3 is 0 Å². The van der Waals surface area contributed by atoms with Crippen LogP contribution in [0, 0.1) is 0 Å². The fourth-order valence-electron chi connectivity index (χ4n) is 1.39. The maximum absolute atomic E-state index is 5.46. The van der Waals surface area contributed by atoms with E-state index in [4.69, 9.17) is 10.3 Å². The molecule has 0 fully saturated rings. The number of hydrogen-bond donors (Lipinski definition) is 2. The van der Waals surface area contributed by atoms with E-state index in [1.807, 2.05) is 25.4 Å². The van der Waals surface area contributed by atoms with E-state index in [0.717, 1.165) is 11.3 Å². The summed E-state index contributed by atoms with van der Waals surface area (Å²) in [5.41, 5.74) is 3.66. The van der Waals surface area contributed by atoms with E-state index >= 15 is 0 Å². The summed E-state index contributed by atoms with van der Waals surface area (Å²) in [6.07, 6.45) is 5.27. The number of aromatic nitrogens is 2. The molecule has 0 aliphatic carbocycles. The minimum atomic E-state index is -0.140. The highest BCUT2D eigenvalue weighted by molar-refractivity contribution is 5.21. The number of aryl methyl sites for hydroxylation is 1. The monoisotopic (exact) mass is 192 g/mol. The Hall–Kier alpha value is -1.59. The fourth-order valence-corrected chi connectivity index (χ4v) is 1.39. The van der Waals surface area contributed by atoms with E-state index < -0.39 is 0 Å². The summed E-state index contributed by atoms with van der Waals surface area (Å²) in [4.78, 5) is 0. The number of hydrogen-bond acceptors (Lipinski definition) is 4. The van der Waals surface area contributed by atoms with Crippen LogP contribution < -0.4 is 11.3 Å². The molecule has 14 heavy (non-hydrogen) atoms. The second-order valence-electron chi connectivity index (χ2n) is 3.06. The summed E-state index contributed by atoms with van der Waals surface area (Å²) >= 11 is 0. The quantitative estimate of drug-likeness (QED) is 0.551. The van der Waals surface area contributed by atoms with Crippen LogP contribution in [-0.2, 0) is 7.05 Å². The van der Waals surface area contributed by atoms with E-state index in [2.05, 4.69) is 10.5 Å². The summed E-state index contributed by atoms with van der Waals surface area (Å²) in [6, 6.07) is 3.56. The average Bonchev–Trinajstić information content (AvgIpc) is 2.79. The van der Waals surface area contributed by atoms with Crippen LogP contribution in [0.25, 0.3) is 0 Å². The van der Waals surface area contributed by atoms with Crippen molar-refractivity contribution in [2.75, 3.05) is 0 Å². The van der Waals surface area contributed by atoms with Gasteiger partial charge in [-0.1, -0.05) is 0 Å². The first-order valence-corrected chi connectivity index (χ1v) is 4.29. The maximum Gasteiger partial charge on any atom is 0.126 e.